The summed E-state index contributed by atoms with van der Waals surface area (Å²) in [6.45, 7) is 13.9. The van der Waals surface area contributed by atoms with E-state index in [4.69, 9.17) is 5.73 Å². The molecule has 4 N–H and O–H groups in total. The third kappa shape index (κ3) is 8.99. The molecule has 0 bridgehead atoms. The van der Waals surface area contributed by atoms with Crippen LogP contribution in [0, 0.1) is 11.8 Å². The molecule has 1 rings (SSSR count). The van der Waals surface area contributed by atoms with E-state index in [1.165, 1.54) is 0 Å². The van der Waals surface area contributed by atoms with Gasteiger partial charge in [0.2, 0.25) is 5.91 Å². The van der Waals surface area contributed by atoms with Gasteiger partial charge in [-0.25, -0.2) is 0 Å². The van der Waals surface area contributed by atoms with Gasteiger partial charge in [-0.3, -0.25) is 14.4 Å². The summed E-state index contributed by atoms with van der Waals surface area (Å²) in [7, 11) is 0. The molecular weight excluding hydrogens is 404 g/mol. The molecule has 32 heavy (non-hydrogen) atoms. The van der Waals surface area contributed by atoms with E-state index < -0.39 is 0 Å². The Hall–Kier alpha value is -2.41. The van der Waals surface area contributed by atoms with Crippen LogP contribution in [0.4, 0.5) is 0 Å². The second-order valence-corrected chi connectivity index (χ2v) is 9.07. The Kier molecular flexibility index (Phi) is 12.0. The number of hydrogen-bond donors (Lipinski definition) is 3. The number of nitrogens with two attached hydrogens (primary N) is 1. The smallest absolute Gasteiger partial charge is 0.253 e. The van der Waals surface area contributed by atoms with Gasteiger partial charge in [-0.2, -0.15) is 0 Å². The van der Waals surface area contributed by atoms with Crippen LogP contribution < -0.4 is 16.4 Å². The van der Waals surface area contributed by atoms with E-state index in [0.29, 0.717) is 43.1 Å². The Bertz CT molecular complexity index is 744. The zero-order valence-electron chi connectivity index (χ0n) is 20.6. The van der Waals surface area contributed by atoms with Crippen LogP contribution in [0.25, 0.3) is 0 Å². The first-order valence-electron chi connectivity index (χ1n) is 11.8. The Morgan fingerprint density at radius 3 is 2.16 bits per heavy atom. The summed E-state index contributed by atoms with van der Waals surface area (Å²) in [6, 6.07) is 6.10. The van der Waals surface area contributed by atoms with E-state index in [-0.39, 0.29) is 35.7 Å². The maximum absolute atomic E-state index is 12.8. The molecule has 180 valence electrons. The van der Waals surface area contributed by atoms with Crippen LogP contribution in [0.3, 0.4) is 0 Å². The topological polar surface area (TPSA) is 105 Å². The molecule has 3 amide bonds. The second-order valence-electron chi connectivity index (χ2n) is 9.07. The van der Waals surface area contributed by atoms with Crippen molar-refractivity contribution >= 4 is 17.7 Å². The van der Waals surface area contributed by atoms with Crippen molar-refractivity contribution in [2.75, 3.05) is 19.6 Å². The molecule has 0 radical (unpaired) electrons. The van der Waals surface area contributed by atoms with Gasteiger partial charge < -0.3 is 21.3 Å². The van der Waals surface area contributed by atoms with E-state index in [2.05, 4.69) is 10.6 Å². The highest BCUT2D eigenvalue weighted by atomic mass is 16.2. The Morgan fingerprint density at radius 1 is 1.00 bits per heavy atom. The van der Waals surface area contributed by atoms with E-state index in [9.17, 15) is 14.4 Å². The van der Waals surface area contributed by atoms with Crippen molar-refractivity contribution in [2.45, 2.75) is 72.9 Å². The van der Waals surface area contributed by atoms with Gasteiger partial charge in [0.05, 0.1) is 0 Å². The summed E-state index contributed by atoms with van der Waals surface area (Å²) in [5.41, 5.74) is 7.20. The van der Waals surface area contributed by atoms with Crippen LogP contribution >= 0.6 is 0 Å². The number of nitrogens with zero attached hydrogens (tertiary/aromatic N) is 1. The molecule has 1 aromatic carbocycles. The number of carbonyl (C=O) groups is 3. The predicted octanol–water partition coefficient (Wildman–Crippen LogP) is 3.19. The summed E-state index contributed by atoms with van der Waals surface area (Å²) >= 11 is 0. The standard InChI is InChI=1S/C25H42N4O3/c1-7-12-29(13-8-2)25(32)21-11-9-10-20(15-21)24(31)28-19(6)22(26)14-18(5)23(30)27-16-17(3)4/h9-11,15,17-19,22H,7-8,12-14,16,26H2,1-6H3,(H,27,30)(H,28,31)/t18-,19+,22+/m1/s1. The van der Waals surface area contributed by atoms with E-state index in [1.807, 2.05) is 46.4 Å². The third-order valence-corrected chi connectivity index (χ3v) is 5.40. The lowest BCUT2D eigenvalue weighted by Gasteiger charge is -2.24. The minimum atomic E-state index is -0.367. The molecule has 0 aromatic heterocycles. The van der Waals surface area contributed by atoms with Crippen LogP contribution in [0.5, 0.6) is 0 Å². The fourth-order valence-electron chi connectivity index (χ4n) is 3.43. The molecule has 0 unspecified atom stereocenters. The van der Waals surface area contributed by atoms with E-state index in [0.717, 1.165) is 12.8 Å². The number of hydrogen-bond acceptors (Lipinski definition) is 4. The molecule has 7 heteroatoms. The number of benzene rings is 1. The van der Waals surface area contributed by atoms with Crippen LogP contribution in [0.2, 0.25) is 0 Å². The highest BCUT2D eigenvalue weighted by molar-refractivity contribution is 5.99. The Balaban J connectivity index is 2.74. The van der Waals surface area contributed by atoms with Crippen LogP contribution in [-0.4, -0.2) is 54.3 Å². The van der Waals surface area contributed by atoms with Crippen molar-refractivity contribution in [1.29, 1.82) is 0 Å². The molecule has 0 saturated heterocycles. The Labute approximate surface area is 193 Å². The quantitative estimate of drug-likeness (QED) is 0.433. The van der Waals surface area contributed by atoms with Gasteiger partial charge in [-0.1, -0.05) is 40.7 Å². The zero-order chi connectivity index (χ0) is 24.3. The molecule has 1 aromatic rings. The van der Waals surface area contributed by atoms with Crippen molar-refractivity contribution in [1.82, 2.24) is 15.5 Å². The number of amides is 3. The normalized spacial score (nSPS) is 13.9. The average Bonchev–Trinajstić information content (AvgIpc) is 2.76. The number of nitrogens with one attached hydrogen (secondary N) is 2. The van der Waals surface area contributed by atoms with Crippen molar-refractivity contribution in [3.63, 3.8) is 0 Å². The third-order valence-electron chi connectivity index (χ3n) is 5.40. The number of carbonyl (C=O) groups excluding carboxylic acids is 3. The summed E-state index contributed by atoms with van der Waals surface area (Å²) in [5.74, 6) is -0.224. The lowest BCUT2D eigenvalue weighted by molar-refractivity contribution is -0.125. The highest BCUT2D eigenvalue weighted by Crippen LogP contribution is 2.12. The maximum atomic E-state index is 12.8. The molecule has 7 nitrogen and oxygen atoms in total. The van der Waals surface area contributed by atoms with E-state index >= 15 is 0 Å². The minimum absolute atomic E-state index is 0.0254. The zero-order valence-corrected chi connectivity index (χ0v) is 20.6. The maximum Gasteiger partial charge on any atom is 0.253 e. The fraction of sp³-hybridized carbons (Fsp3) is 0.640. The van der Waals surface area contributed by atoms with Gasteiger partial charge in [0, 0.05) is 48.8 Å². The molecule has 0 aliphatic heterocycles. The number of rotatable bonds is 13. The second kappa shape index (κ2) is 13.9. The lowest BCUT2D eigenvalue weighted by Crippen LogP contribution is -2.47. The first-order valence-corrected chi connectivity index (χ1v) is 11.8. The largest absolute Gasteiger partial charge is 0.356 e. The van der Waals surface area contributed by atoms with Crippen molar-refractivity contribution in [3.8, 4) is 0 Å². The SMILES string of the molecule is CCCN(CCC)C(=O)c1cccc(C(=O)N[C@@H](C)[C@@H](N)C[C@@H](C)C(=O)NCC(C)C)c1. The average molecular weight is 447 g/mol. The molecule has 0 saturated carbocycles. The van der Waals surface area contributed by atoms with Gasteiger partial charge in [-0.05, 0) is 50.3 Å². The summed E-state index contributed by atoms with van der Waals surface area (Å²) in [5, 5.41) is 5.83. The fourth-order valence-corrected chi connectivity index (χ4v) is 3.43. The van der Waals surface area contributed by atoms with Gasteiger partial charge in [0.25, 0.3) is 11.8 Å². The highest BCUT2D eigenvalue weighted by Gasteiger charge is 2.23. The monoisotopic (exact) mass is 446 g/mol. The summed E-state index contributed by atoms with van der Waals surface area (Å²) in [4.78, 5) is 39.7. The predicted molar refractivity (Wildman–Crippen MR) is 129 cm³/mol. The first-order chi connectivity index (χ1) is 15.1. The molecule has 0 aliphatic rings. The Morgan fingerprint density at radius 2 is 1.59 bits per heavy atom. The van der Waals surface area contributed by atoms with Crippen LogP contribution in [0.1, 0.15) is 81.5 Å². The molecule has 0 aliphatic carbocycles. The van der Waals surface area contributed by atoms with Gasteiger partial charge in [0.15, 0.2) is 0 Å². The molecule has 0 fully saturated rings. The van der Waals surface area contributed by atoms with Crippen LogP contribution in [0.15, 0.2) is 24.3 Å². The lowest BCUT2D eigenvalue weighted by atomic mass is 9.96. The molecule has 0 heterocycles. The molecule has 0 spiro atoms. The summed E-state index contributed by atoms with van der Waals surface area (Å²) in [6.07, 6.45) is 2.23. The van der Waals surface area contributed by atoms with Crippen molar-refractivity contribution in [3.05, 3.63) is 35.4 Å². The minimum Gasteiger partial charge on any atom is -0.356 e. The molecule has 3 atom stereocenters. The van der Waals surface area contributed by atoms with Gasteiger partial charge in [-0.15, -0.1) is 0 Å². The summed E-state index contributed by atoms with van der Waals surface area (Å²) < 4.78 is 0. The van der Waals surface area contributed by atoms with Crippen LogP contribution in [-0.2, 0) is 4.79 Å². The first kappa shape index (κ1) is 27.6. The van der Waals surface area contributed by atoms with Crippen molar-refractivity contribution < 1.29 is 14.4 Å². The molecular formula is C25H42N4O3. The van der Waals surface area contributed by atoms with Crippen molar-refractivity contribution in [2.24, 2.45) is 17.6 Å². The van der Waals surface area contributed by atoms with Gasteiger partial charge >= 0.3 is 0 Å². The van der Waals surface area contributed by atoms with E-state index in [1.54, 1.807) is 24.3 Å². The van der Waals surface area contributed by atoms with Gasteiger partial charge in [0.1, 0.15) is 0 Å².